The van der Waals surface area contributed by atoms with Crippen molar-refractivity contribution in [3.63, 3.8) is 0 Å². The van der Waals surface area contributed by atoms with Gasteiger partial charge < -0.3 is 14.2 Å². The Morgan fingerprint density at radius 1 is 1.24 bits per heavy atom. The summed E-state index contributed by atoms with van der Waals surface area (Å²) in [6.07, 6.45) is -5.23. The van der Waals surface area contributed by atoms with Gasteiger partial charge in [-0.1, -0.05) is 15.9 Å². The van der Waals surface area contributed by atoms with E-state index in [1.807, 2.05) is 0 Å². The quantitative estimate of drug-likeness (QED) is 0.837. The molecule has 1 fully saturated rings. The van der Waals surface area contributed by atoms with Gasteiger partial charge in [0, 0.05) is 10.0 Å². The first-order valence-electron chi connectivity index (χ1n) is 4.74. The number of alkyl halides is 3. The molecule has 1 aromatic rings. The Labute approximate surface area is 104 Å². The summed E-state index contributed by atoms with van der Waals surface area (Å²) in [6, 6.07) is 3.92. The number of ether oxygens (including phenoxy) is 3. The van der Waals surface area contributed by atoms with Crippen LogP contribution in [-0.2, 0) is 9.47 Å². The van der Waals surface area contributed by atoms with Gasteiger partial charge in [0.1, 0.15) is 5.75 Å². The van der Waals surface area contributed by atoms with Crippen LogP contribution in [0.15, 0.2) is 22.7 Å². The standard InChI is InChI=1S/C10H8BrF3O3/c11-8-5-6(17-10(12,13)14)1-2-7(8)9-15-3-4-16-9/h1-2,5,9H,3-4H2. The number of hydrogen-bond acceptors (Lipinski definition) is 3. The molecule has 0 saturated carbocycles. The van der Waals surface area contributed by atoms with Crippen LogP contribution >= 0.6 is 15.9 Å². The van der Waals surface area contributed by atoms with Gasteiger partial charge in [-0.15, -0.1) is 13.2 Å². The zero-order valence-corrected chi connectivity index (χ0v) is 10.0. The Hall–Kier alpha value is -0.790. The van der Waals surface area contributed by atoms with Crippen LogP contribution in [0.1, 0.15) is 11.9 Å². The smallest absolute Gasteiger partial charge is 0.406 e. The van der Waals surface area contributed by atoms with E-state index in [1.54, 1.807) is 0 Å². The van der Waals surface area contributed by atoms with Crippen LogP contribution in [0.2, 0.25) is 0 Å². The van der Waals surface area contributed by atoms with Gasteiger partial charge in [0.25, 0.3) is 0 Å². The van der Waals surface area contributed by atoms with Gasteiger partial charge in [0.15, 0.2) is 6.29 Å². The molecule has 1 heterocycles. The van der Waals surface area contributed by atoms with Crippen molar-refractivity contribution in [3.05, 3.63) is 28.2 Å². The van der Waals surface area contributed by atoms with E-state index in [1.165, 1.54) is 18.2 Å². The highest BCUT2D eigenvalue weighted by molar-refractivity contribution is 9.10. The molecule has 0 aromatic heterocycles. The zero-order chi connectivity index (χ0) is 12.5. The third kappa shape index (κ3) is 3.34. The topological polar surface area (TPSA) is 27.7 Å². The minimum atomic E-state index is -4.69. The lowest BCUT2D eigenvalue weighted by Gasteiger charge is -2.14. The number of benzene rings is 1. The largest absolute Gasteiger partial charge is 0.573 e. The van der Waals surface area contributed by atoms with Gasteiger partial charge in [-0.25, -0.2) is 0 Å². The van der Waals surface area contributed by atoms with Crippen LogP contribution in [0.3, 0.4) is 0 Å². The van der Waals surface area contributed by atoms with Gasteiger partial charge in [0.2, 0.25) is 0 Å². The van der Waals surface area contributed by atoms with Crippen molar-refractivity contribution in [3.8, 4) is 5.75 Å². The van der Waals surface area contributed by atoms with Gasteiger partial charge in [-0.05, 0) is 18.2 Å². The molecular weight excluding hydrogens is 305 g/mol. The molecule has 0 N–H and O–H groups in total. The Morgan fingerprint density at radius 2 is 1.88 bits per heavy atom. The first-order valence-corrected chi connectivity index (χ1v) is 5.53. The molecule has 0 bridgehead atoms. The van der Waals surface area contributed by atoms with Crippen LogP contribution in [0.5, 0.6) is 5.75 Å². The van der Waals surface area contributed by atoms with E-state index < -0.39 is 12.7 Å². The molecule has 0 spiro atoms. The second-order valence-corrected chi connectivity index (χ2v) is 4.16. The van der Waals surface area contributed by atoms with Gasteiger partial charge in [-0.2, -0.15) is 0 Å². The second-order valence-electron chi connectivity index (χ2n) is 3.30. The summed E-state index contributed by atoms with van der Waals surface area (Å²) in [5, 5.41) is 0. The third-order valence-corrected chi connectivity index (χ3v) is 2.77. The lowest BCUT2D eigenvalue weighted by molar-refractivity contribution is -0.274. The fraction of sp³-hybridized carbons (Fsp3) is 0.400. The van der Waals surface area contributed by atoms with Gasteiger partial charge in [0.05, 0.1) is 13.2 Å². The summed E-state index contributed by atoms with van der Waals surface area (Å²) in [6.45, 7) is 0.940. The Morgan fingerprint density at radius 3 is 2.41 bits per heavy atom. The van der Waals surface area contributed by atoms with Crippen LogP contribution in [0.25, 0.3) is 0 Å². The van der Waals surface area contributed by atoms with Crippen molar-refractivity contribution in [1.82, 2.24) is 0 Å². The number of hydrogen-bond donors (Lipinski definition) is 0. The normalized spacial score (nSPS) is 17.4. The average molecular weight is 313 g/mol. The molecule has 3 nitrogen and oxygen atoms in total. The second kappa shape index (κ2) is 4.83. The Bertz CT molecular complexity index is 402. The lowest BCUT2D eigenvalue weighted by atomic mass is 10.2. The highest BCUT2D eigenvalue weighted by Crippen LogP contribution is 2.33. The predicted molar refractivity (Wildman–Crippen MR) is 55.5 cm³/mol. The van der Waals surface area contributed by atoms with Crippen molar-refractivity contribution in [2.24, 2.45) is 0 Å². The summed E-state index contributed by atoms with van der Waals surface area (Å²) in [7, 11) is 0. The average Bonchev–Trinajstić information content (AvgIpc) is 2.68. The molecule has 1 aliphatic heterocycles. The molecule has 0 radical (unpaired) electrons. The van der Waals surface area contributed by atoms with Crippen molar-refractivity contribution in [2.75, 3.05) is 13.2 Å². The summed E-state index contributed by atoms with van der Waals surface area (Å²) < 4.78 is 50.7. The Kier molecular flexibility index (Phi) is 3.60. The van der Waals surface area contributed by atoms with E-state index in [4.69, 9.17) is 9.47 Å². The van der Waals surface area contributed by atoms with E-state index in [2.05, 4.69) is 20.7 Å². The molecule has 94 valence electrons. The molecule has 1 aromatic carbocycles. The van der Waals surface area contributed by atoms with Crippen LogP contribution in [0, 0.1) is 0 Å². The maximum atomic E-state index is 12.0. The molecule has 0 unspecified atom stereocenters. The first-order chi connectivity index (χ1) is 7.96. The molecule has 0 amide bonds. The maximum Gasteiger partial charge on any atom is 0.573 e. The van der Waals surface area contributed by atoms with Crippen LogP contribution in [-0.4, -0.2) is 19.6 Å². The summed E-state index contributed by atoms with van der Waals surface area (Å²) in [4.78, 5) is 0. The Balaban J connectivity index is 2.16. The lowest BCUT2D eigenvalue weighted by Crippen LogP contribution is -2.17. The SMILES string of the molecule is FC(F)(F)Oc1ccc(C2OCCO2)c(Br)c1. The highest BCUT2D eigenvalue weighted by Gasteiger charge is 2.31. The molecule has 1 aliphatic rings. The van der Waals surface area contributed by atoms with Crippen molar-refractivity contribution >= 4 is 15.9 Å². The molecule has 0 atom stereocenters. The minimum Gasteiger partial charge on any atom is -0.406 e. The van der Waals surface area contributed by atoms with Crippen molar-refractivity contribution in [2.45, 2.75) is 12.7 Å². The summed E-state index contributed by atoms with van der Waals surface area (Å²) >= 11 is 3.16. The van der Waals surface area contributed by atoms with E-state index >= 15 is 0 Å². The van der Waals surface area contributed by atoms with Crippen LogP contribution < -0.4 is 4.74 Å². The summed E-state index contributed by atoms with van der Waals surface area (Å²) in [5.41, 5.74) is 0.636. The fourth-order valence-corrected chi connectivity index (χ4v) is 1.98. The van der Waals surface area contributed by atoms with E-state index in [9.17, 15) is 13.2 Å². The zero-order valence-electron chi connectivity index (χ0n) is 8.46. The highest BCUT2D eigenvalue weighted by atomic mass is 79.9. The molecule has 17 heavy (non-hydrogen) atoms. The molecule has 1 saturated heterocycles. The fourth-order valence-electron chi connectivity index (χ4n) is 1.43. The number of rotatable bonds is 2. The third-order valence-electron chi connectivity index (χ3n) is 2.08. The number of halogens is 4. The molecule has 2 rings (SSSR count). The van der Waals surface area contributed by atoms with Gasteiger partial charge in [-0.3, -0.25) is 0 Å². The van der Waals surface area contributed by atoms with E-state index in [-0.39, 0.29) is 5.75 Å². The van der Waals surface area contributed by atoms with Crippen molar-refractivity contribution in [1.29, 1.82) is 0 Å². The van der Waals surface area contributed by atoms with Gasteiger partial charge >= 0.3 is 6.36 Å². The molecule has 0 aliphatic carbocycles. The monoisotopic (exact) mass is 312 g/mol. The van der Waals surface area contributed by atoms with Crippen LogP contribution in [0.4, 0.5) is 13.2 Å². The minimum absolute atomic E-state index is 0.286. The van der Waals surface area contributed by atoms with E-state index in [0.717, 1.165) is 0 Å². The van der Waals surface area contributed by atoms with Crippen molar-refractivity contribution < 1.29 is 27.4 Å². The maximum absolute atomic E-state index is 12.0. The molecule has 7 heteroatoms. The summed E-state index contributed by atoms with van der Waals surface area (Å²) in [5.74, 6) is -0.286. The molecular formula is C10H8BrF3O3. The predicted octanol–water partition coefficient (Wildman–Crippen LogP) is 3.39. The van der Waals surface area contributed by atoms with E-state index in [0.29, 0.717) is 23.2 Å². The first kappa shape index (κ1) is 12.7.